The molecule has 1 unspecified atom stereocenters. The topological polar surface area (TPSA) is 63.3 Å². The summed E-state index contributed by atoms with van der Waals surface area (Å²) >= 11 is 6.21. The van der Waals surface area contributed by atoms with Crippen LogP contribution in [0.3, 0.4) is 0 Å². The van der Waals surface area contributed by atoms with E-state index in [1.807, 2.05) is 41.1 Å². The Morgan fingerprint density at radius 3 is 2.73 bits per heavy atom. The van der Waals surface area contributed by atoms with E-state index >= 15 is 0 Å². The van der Waals surface area contributed by atoms with E-state index in [0.29, 0.717) is 29.6 Å². The zero-order valence-corrected chi connectivity index (χ0v) is 15.0. The fraction of sp³-hybridized carbons (Fsp3) is 0.250. The lowest BCUT2D eigenvalue weighted by atomic mass is 9.96. The number of aryl methyl sites for hydroxylation is 1. The van der Waals surface area contributed by atoms with Gasteiger partial charge in [-0.1, -0.05) is 54.1 Å². The average molecular weight is 367 g/mol. The molecule has 0 fully saturated rings. The van der Waals surface area contributed by atoms with Gasteiger partial charge in [0.2, 0.25) is 5.95 Å². The summed E-state index contributed by atoms with van der Waals surface area (Å²) in [5, 5.41) is 14.4. The molecular formula is C20H19ClN4O. The van der Waals surface area contributed by atoms with Crippen LogP contribution in [0.4, 0.5) is 5.95 Å². The number of aliphatic imine (C=N–C) groups is 1. The second-order valence-electron chi connectivity index (χ2n) is 6.30. The predicted molar refractivity (Wildman–Crippen MR) is 102 cm³/mol. The van der Waals surface area contributed by atoms with Crippen molar-refractivity contribution >= 4 is 23.3 Å². The molecule has 1 N–H and O–H groups in total. The van der Waals surface area contributed by atoms with Gasteiger partial charge < -0.3 is 5.11 Å². The average Bonchev–Trinajstić information content (AvgIpc) is 3.09. The lowest BCUT2D eigenvalue weighted by molar-refractivity contribution is 0.287. The fourth-order valence-electron chi connectivity index (χ4n) is 3.21. The van der Waals surface area contributed by atoms with E-state index in [-0.39, 0.29) is 12.6 Å². The van der Waals surface area contributed by atoms with Crippen LogP contribution in [0.5, 0.6) is 0 Å². The molecule has 6 heteroatoms. The number of hydrogen-bond donors (Lipinski definition) is 1. The minimum Gasteiger partial charge on any atom is -0.396 e. The van der Waals surface area contributed by atoms with Crippen LogP contribution in [-0.4, -0.2) is 32.2 Å². The van der Waals surface area contributed by atoms with Crippen molar-refractivity contribution in [3.63, 3.8) is 0 Å². The van der Waals surface area contributed by atoms with Crippen molar-refractivity contribution < 1.29 is 5.11 Å². The van der Waals surface area contributed by atoms with Crippen molar-refractivity contribution in [2.75, 3.05) is 6.61 Å². The molecule has 1 atom stereocenters. The quantitative estimate of drug-likeness (QED) is 0.743. The van der Waals surface area contributed by atoms with E-state index in [9.17, 15) is 0 Å². The van der Waals surface area contributed by atoms with Gasteiger partial charge in [0.05, 0.1) is 11.8 Å². The smallest absolute Gasteiger partial charge is 0.248 e. The number of benzene rings is 2. The maximum absolute atomic E-state index is 9.08. The molecule has 2 heterocycles. The molecule has 132 valence electrons. The molecule has 2 aromatic carbocycles. The summed E-state index contributed by atoms with van der Waals surface area (Å²) in [6.07, 6.45) is 2.00. The van der Waals surface area contributed by atoms with Crippen molar-refractivity contribution in [3.8, 4) is 0 Å². The summed E-state index contributed by atoms with van der Waals surface area (Å²) < 4.78 is 1.88. The number of nitrogens with zero attached hydrogens (tertiary/aromatic N) is 4. The third-order valence-electron chi connectivity index (χ3n) is 4.47. The van der Waals surface area contributed by atoms with Gasteiger partial charge in [-0.3, -0.25) is 0 Å². The number of aliphatic hydroxyl groups is 1. The molecule has 0 aliphatic carbocycles. The highest BCUT2D eigenvalue weighted by Gasteiger charge is 2.27. The number of fused-ring (bicyclic) bond motifs is 1. The third kappa shape index (κ3) is 3.41. The predicted octanol–water partition coefficient (Wildman–Crippen LogP) is 3.97. The fourth-order valence-corrected chi connectivity index (χ4v) is 3.41. The Labute approximate surface area is 157 Å². The first kappa shape index (κ1) is 16.9. The van der Waals surface area contributed by atoms with Gasteiger partial charge in [-0.15, -0.1) is 0 Å². The highest BCUT2D eigenvalue weighted by atomic mass is 35.5. The van der Waals surface area contributed by atoms with Crippen molar-refractivity contribution in [1.29, 1.82) is 0 Å². The minimum absolute atomic E-state index is 0.00761. The molecular weight excluding hydrogens is 348 g/mol. The summed E-state index contributed by atoms with van der Waals surface area (Å²) in [4.78, 5) is 9.34. The Morgan fingerprint density at radius 1 is 1.12 bits per heavy atom. The SMILES string of the molecule is OCCCc1nc2n(n1)C(c1cccc(Cl)c1)CC(c1ccccc1)=N2. The van der Waals surface area contributed by atoms with Crippen LogP contribution in [0.2, 0.25) is 5.02 Å². The molecule has 3 aromatic rings. The first-order chi connectivity index (χ1) is 12.7. The Morgan fingerprint density at radius 2 is 1.96 bits per heavy atom. The van der Waals surface area contributed by atoms with Gasteiger partial charge >= 0.3 is 0 Å². The maximum atomic E-state index is 9.08. The lowest BCUT2D eigenvalue weighted by Crippen LogP contribution is -2.21. The van der Waals surface area contributed by atoms with Gasteiger partial charge in [-0.05, 0) is 29.7 Å². The molecule has 4 rings (SSSR count). The summed E-state index contributed by atoms with van der Waals surface area (Å²) in [6.45, 7) is 0.125. The summed E-state index contributed by atoms with van der Waals surface area (Å²) in [6, 6.07) is 18.0. The number of aromatic nitrogens is 3. The standard InChI is InChI=1S/C20H19ClN4O/c21-16-9-4-8-15(12-16)18-13-17(14-6-2-1-3-7-14)22-20-23-19(10-5-11-26)24-25(18)20/h1-4,6-9,12,18,26H,5,10-11,13H2. The second kappa shape index (κ2) is 7.40. The van der Waals surface area contributed by atoms with Crippen LogP contribution in [0, 0.1) is 0 Å². The largest absolute Gasteiger partial charge is 0.396 e. The van der Waals surface area contributed by atoms with Gasteiger partial charge in [0.25, 0.3) is 0 Å². The zero-order valence-electron chi connectivity index (χ0n) is 14.2. The van der Waals surface area contributed by atoms with Crippen LogP contribution in [0.15, 0.2) is 59.6 Å². The van der Waals surface area contributed by atoms with Crippen molar-refractivity contribution in [3.05, 3.63) is 76.6 Å². The molecule has 0 amide bonds. The van der Waals surface area contributed by atoms with Crippen molar-refractivity contribution in [2.24, 2.45) is 4.99 Å². The molecule has 0 spiro atoms. The third-order valence-corrected chi connectivity index (χ3v) is 4.71. The van der Waals surface area contributed by atoms with E-state index in [1.54, 1.807) is 0 Å². The Balaban J connectivity index is 1.78. The summed E-state index contributed by atoms with van der Waals surface area (Å²) in [7, 11) is 0. The van der Waals surface area contributed by atoms with Gasteiger partial charge in [-0.25, -0.2) is 9.67 Å². The Bertz CT molecular complexity index is 936. The van der Waals surface area contributed by atoms with Crippen molar-refractivity contribution in [2.45, 2.75) is 25.3 Å². The molecule has 26 heavy (non-hydrogen) atoms. The maximum Gasteiger partial charge on any atom is 0.248 e. The Kier molecular flexibility index (Phi) is 4.82. The second-order valence-corrected chi connectivity index (χ2v) is 6.74. The molecule has 0 bridgehead atoms. The van der Waals surface area contributed by atoms with E-state index in [1.165, 1.54) is 0 Å². The minimum atomic E-state index is -0.00761. The number of aliphatic hydroxyl groups excluding tert-OH is 1. The van der Waals surface area contributed by atoms with E-state index in [2.05, 4.69) is 28.3 Å². The number of halogens is 1. The summed E-state index contributed by atoms with van der Waals surface area (Å²) in [5.41, 5.74) is 3.16. The molecule has 0 radical (unpaired) electrons. The normalized spacial score (nSPS) is 16.2. The van der Waals surface area contributed by atoms with E-state index < -0.39 is 0 Å². The highest BCUT2D eigenvalue weighted by Crippen LogP contribution is 2.33. The van der Waals surface area contributed by atoms with Gasteiger partial charge in [0.15, 0.2) is 5.82 Å². The highest BCUT2D eigenvalue weighted by molar-refractivity contribution is 6.30. The van der Waals surface area contributed by atoms with E-state index in [4.69, 9.17) is 21.7 Å². The first-order valence-corrected chi connectivity index (χ1v) is 9.07. The van der Waals surface area contributed by atoms with Gasteiger partial charge in [0, 0.05) is 24.5 Å². The lowest BCUT2D eigenvalue weighted by Gasteiger charge is -2.24. The number of rotatable bonds is 5. The van der Waals surface area contributed by atoms with Crippen LogP contribution in [0.25, 0.3) is 0 Å². The van der Waals surface area contributed by atoms with Crippen LogP contribution in [0.1, 0.15) is 35.8 Å². The molecule has 0 saturated carbocycles. The molecule has 1 aromatic heterocycles. The molecule has 5 nitrogen and oxygen atoms in total. The zero-order chi connectivity index (χ0) is 17.9. The van der Waals surface area contributed by atoms with E-state index in [0.717, 1.165) is 23.3 Å². The molecule has 1 aliphatic rings. The molecule has 1 aliphatic heterocycles. The number of hydrogen-bond acceptors (Lipinski definition) is 4. The first-order valence-electron chi connectivity index (χ1n) is 8.69. The monoisotopic (exact) mass is 366 g/mol. The van der Waals surface area contributed by atoms with Crippen LogP contribution < -0.4 is 0 Å². The van der Waals surface area contributed by atoms with Gasteiger partial charge in [0.1, 0.15) is 0 Å². The van der Waals surface area contributed by atoms with Crippen LogP contribution >= 0.6 is 11.6 Å². The van der Waals surface area contributed by atoms with Crippen LogP contribution in [-0.2, 0) is 6.42 Å². The Hall–Kier alpha value is -2.50. The van der Waals surface area contributed by atoms with Crippen molar-refractivity contribution in [1.82, 2.24) is 14.8 Å². The molecule has 0 saturated heterocycles. The van der Waals surface area contributed by atoms with Gasteiger partial charge in [-0.2, -0.15) is 10.1 Å². The summed E-state index contributed by atoms with van der Waals surface area (Å²) in [5.74, 6) is 1.31.